The molecular weight excluding hydrogens is 628 g/mol. The highest BCUT2D eigenvalue weighted by Gasteiger charge is 2.15. The van der Waals surface area contributed by atoms with Gasteiger partial charge in [0.1, 0.15) is 18.8 Å². The minimum Gasteiger partial charge on any atom is -0.467 e. The van der Waals surface area contributed by atoms with Gasteiger partial charge in [0.25, 0.3) is 0 Å². The molecular formula is C31H60O16. The van der Waals surface area contributed by atoms with E-state index in [-0.39, 0.29) is 13.2 Å². The van der Waals surface area contributed by atoms with Gasteiger partial charge in [0, 0.05) is 0 Å². The fourth-order valence-electron chi connectivity index (χ4n) is 3.06. The molecule has 0 fully saturated rings. The summed E-state index contributed by atoms with van der Waals surface area (Å²) in [5, 5.41) is 0. The molecule has 0 amide bonds. The Morgan fingerprint density at radius 1 is 0.340 bits per heavy atom. The van der Waals surface area contributed by atoms with Gasteiger partial charge in [0.15, 0.2) is 0 Å². The van der Waals surface area contributed by atoms with Crippen molar-refractivity contribution < 1.29 is 75.9 Å². The summed E-state index contributed by atoms with van der Waals surface area (Å²) in [5.41, 5.74) is -0.515. The topological polar surface area (TPSA) is 163 Å². The Bertz CT molecular complexity index is 676. The van der Waals surface area contributed by atoms with Crippen molar-refractivity contribution in [2.45, 2.75) is 26.4 Å². The summed E-state index contributed by atoms with van der Waals surface area (Å²) in [7, 11) is 1.31. The van der Waals surface area contributed by atoms with E-state index in [0.717, 1.165) is 0 Å². The average molecular weight is 689 g/mol. The molecule has 0 saturated carbocycles. The Labute approximate surface area is 280 Å². The van der Waals surface area contributed by atoms with E-state index in [2.05, 4.69) is 4.74 Å². The largest absolute Gasteiger partial charge is 0.467 e. The van der Waals surface area contributed by atoms with Crippen molar-refractivity contribution in [3.8, 4) is 0 Å². The van der Waals surface area contributed by atoms with E-state index in [0.29, 0.717) is 145 Å². The molecule has 0 N–H and O–H groups in total. The smallest absolute Gasteiger partial charge is 0.332 e. The highest BCUT2D eigenvalue weighted by molar-refractivity contribution is 5.71. The number of carbonyl (C=O) groups excluding carboxylic acids is 2. The van der Waals surface area contributed by atoms with Crippen molar-refractivity contribution in [1.82, 2.24) is 0 Å². The van der Waals surface area contributed by atoms with Gasteiger partial charge in [-0.15, -0.1) is 0 Å². The highest BCUT2D eigenvalue weighted by atomic mass is 16.6. The maximum atomic E-state index is 11.5. The Hall–Kier alpha value is -1.54. The normalized spacial score (nSPS) is 11.7. The van der Waals surface area contributed by atoms with Crippen LogP contribution in [-0.4, -0.2) is 183 Å². The van der Waals surface area contributed by atoms with Gasteiger partial charge in [-0.1, -0.05) is 0 Å². The zero-order valence-corrected chi connectivity index (χ0v) is 29.0. The molecule has 47 heavy (non-hydrogen) atoms. The molecule has 16 nitrogen and oxygen atoms in total. The lowest BCUT2D eigenvalue weighted by atomic mass is 10.2. The molecule has 0 rings (SSSR count). The minimum absolute atomic E-state index is 0.0749. The summed E-state index contributed by atoms with van der Waals surface area (Å²) in [6.07, 6.45) is 0. The van der Waals surface area contributed by atoms with Crippen LogP contribution in [0.15, 0.2) is 0 Å². The van der Waals surface area contributed by atoms with Crippen LogP contribution < -0.4 is 0 Å². The van der Waals surface area contributed by atoms with Crippen molar-refractivity contribution in [1.29, 1.82) is 0 Å². The maximum Gasteiger partial charge on any atom is 0.332 e. The molecule has 0 atom stereocenters. The third-order valence-electron chi connectivity index (χ3n) is 5.18. The first-order valence-electron chi connectivity index (χ1n) is 16.1. The Morgan fingerprint density at radius 2 is 0.532 bits per heavy atom. The fourth-order valence-corrected chi connectivity index (χ4v) is 3.06. The molecule has 0 aromatic carbocycles. The van der Waals surface area contributed by atoms with Crippen LogP contribution in [-0.2, 0) is 75.9 Å². The summed E-state index contributed by atoms with van der Waals surface area (Å²) in [6.45, 7) is 15.1. The van der Waals surface area contributed by atoms with Crippen molar-refractivity contribution >= 4 is 11.9 Å². The Morgan fingerprint density at radius 3 is 0.723 bits per heavy atom. The first-order chi connectivity index (χ1) is 22.8. The number of rotatable bonds is 37. The lowest BCUT2D eigenvalue weighted by molar-refractivity contribution is -0.160. The van der Waals surface area contributed by atoms with Crippen LogP contribution in [0.4, 0.5) is 0 Å². The van der Waals surface area contributed by atoms with Crippen molar-refractivity contribution in [3.63, 3.8) is 0 Å². The van der Waals surface area contributed by atoms with Gasteiger partial charge in [0.05, 0.1) is 152 Å². The van der Waals surface area contributed by atoms with E-state index < -0.39 is 17.5 Å². The first kappa shape index (κ1) is 45.5. The van der Waals surface area contributed by atoms with E-state index in [1.54, 1.807) is 0 Å². The van der Waals surface area contributed by atoms with Crippen LogP contribution in [0.1, 0.15) is 20.8 Å². The van der Waals surface area contributed by atoms with E-state index in [4.69, 9.17) is 61.6 Å². The molecule has 0 unspecified atom stereocenters. The number of esters is 2. The fraction of sp³-hybridized carbons (Fsp3) is 0.935. The van der Waals surface area contributed by atoms with E-state index >= 15 is 0 Å². The third-order valence-corrected chi connectivity index (χ3v) is 5.18. The average Bonchev–Trinajstić information content (AvgIpc) is 3.03. The van der Waals surface area contributed by atoms with Gasteiger partial charge in [-0.25, -0.2) is 9.59 Å². The molecule has 0 aliphatic rings. The van der Waals surface area contributed by atoms with Crippen molar-refractivity contribution in [2.75, 3.05) is 166 Å². The number of methoxy groups -OCH3 is 1. The molecule has 0 aromatic rings. The molecule has 0 radical (unpaired) electrons. The molecule has 0 aliphatic heterocycles. The van der Waals surface area contributed by atoms with E-state index in [9.17, 15) is 9.59 Å². The first-order valence-corrected chi connectivity index (χ1v) is 16.1. The second-order valence-electron chi connectivity index (χ2n) is 10.4. The van der Waals surface area contributed by atoms with Gasteiger partial charge in [-0.2, -0.15) is 0 Å². The van der Waals surface area contributed by atoms with Crippen LogP contribution in [0.25, 0.3) is 0 Å². The summed E-state index contributed by atoms with van der Waals surface area (Å²) in [4.78, 5) is 22.3. The van der Waals surface area contributed by atoms with Gasteiger partial charge in [-0.05, 0) is 20.8 Å². The number of ether oxygens (including phenoxy) is 14. The quantitative estimate of drug-likeness (QED) is 0.0661. The van der Waals surface area contributed by atoms with Gasteiger partial charge in [0.2, 0.25) is 0 Å². The number of carbonyl (C=O) groups is 2. The number of hydrogen-bond acceptors (Lipinski definition) is 16. The van der Waals surface area contributed by atoms with Gasteiger partial charge < -0.3 is 66.3 Å². The van der Waals surface area contributed by atoms with Crippen LogP contribution in [0, 0.1) is 0 Å². The SMILES string of the molecule is COC(=O)COCCOCCOCCOCCOCCOCCOCCOCCOCCOCCOCCOCC(=O)OC(C)(C)C. The third kappa shape index (κ3) is 40.5. The summed E-state index contributed by atoms with van der Waals surface area (Å²) in [5.74, 6) is -0.803. The molecule has 0 spiro atoms. The standard InChI is InChI=1S/C31H60O16/c1-31(2,3)47-30(33)28-46-26-24-44-22-20-42-18-16-40-14-12-38-10-8-36-6-5-35-7-9-37-11-13-39-15-17-41-19-21-43-23-25-45-27-29(32)34-4/h5-28H2,1-4H3. The lowest BCUT2D eigenvalue weighted by Gasteiger charge is -2.19. The summed E-state index contributed by atoms with van der Waals surface area (Å²) < 4.78 is 74.1. The second-order valence-corrected chi connectivity index (χ2v) is 10.4. The monoisotopic (exact) mass is 688 g/mol. The van der Waals surface area contributed by atoms with Gasteiger partial charge in [-0.3, -0.25) is 0 Å². The molecule has 0 aromatic heterocycles. The van der Waals surface area contributed by atoms with Crippen LogP contribution >= 0.6 is 0 Å². The van der Waals surface area contributed by atoms with Crippen LogP contribution in [0.5, 0.6) is 0 Å². The van der Waals surface area contributed by atoms with Crippen molar-refractivity contribution in [2.24, 2.45) is 0 Å². The predicted octanol–water partition coefficient (Wildman–Crippen LogP) is 0.700. The molecule has 16 heteroatoms. The summed E-state index contributed by atoms with van der Waals surface area (Å²) >= 11 is 0. The Balaban J connectivity index is 3.10. The number of hydrogen-bond donors (Lipinski definition) is 0. The van der Waals surface area contributed by atoms with Crippen LogP contribution in [0.3, 0.4) is 0 Å². The highest BCUT2D eigenvalue weighted by Crippen LogP contribution is 2.06. The van der Waals surface area contributed by atoms with Gasteiger partial charge >= 0.3 is 11.9 Å². The second kappa shape index (κ2) is 35.8. The molecule has 0 aliphatic carbocycles. The summed E-state index contributed by atoms with van der Waals surface area (Å²) in [6, 6.07) is 0. The predicted molar refractivity (Wildman–Crippen MR) is 168 cm³/mol. The molecule has 280 valence electrons. The van der Waals surface area contributed by atoms with E-state index in [1.165, 1.54) is 7.11 Å². The Kier molecular flexibility index (Phi) is 34.6. The maximum absolute atomic E-state index is 11.5. The zero-order valence-electron chi connectivity index (χ0n) is 29.0. The van der Waals surface area contributed by atoms with E-state index in [1.807, 2.05) is 20.8 Å². The molecule has 0 heterocycles. The lowest BCUT2D eigenvalue weighted by Crippen LogP contribution is -2.27. The van der Waals surface area contributed by atoms with Crippen LogP contribution in [0.2, 0.25) is 0 Å². The molecule has 0 bridgehead atoms. The minimum atomic E-state index is -0.515. The molecule has 0 saturated heterocycles. The zero-order chi connectivity index (χ0) is 34.5. The van der Waals surface area contributed by atoms with Crippen molar-refractivity contribution in [3.05, 3.63) is 0 Å².